The van der Waals surface area contributed by atoms with E-state index in [0.29, 0.717) is 16.5 Å². The van der Waals surface area contributed by atoms with Gasteiger partial charge in [0.15, 0.2) is 5.82 Å². The van der Waals surface area contributed by atoms with Crippen molar-refractivity contribution in [2.45, 2.75) is 25.3 Å². The SMILES string of the molecule is Cc1nc(CN2C(=O)N(c3cc(Cl)ccc3C)S(=O)(=O)c3ccccc32)no1. The second-order valence-corrected chi connectivity index (χ2v) is 8.46. The molecule has 0 spiro atoms. The standard InChI is InChI=1S/C18H15ClN4O4S/c1-11-7-8-13(19)9-15(11)23-18(24)22(10-17-20-12(2)27-21-17)14-5-3-4-6-16(14)28(23,25)26/h3-9H,10H2,1-2H3. The first-order chi connectivity index (χ1) is 13.3. The van der Waals surface area contributed by atoms with Crippen LogP contribution >= 0.6 is 11.6 Å². The molecule has 0 saturated heterocycles. The molecular weight excluding hydrogens is 404 g/mol. The van der Waals surface area contributed by atoms with Crippen molar-refractivity contribution in [3.05, 3.63) is 64.8 Å². The van der Waals surface area contributed by atoms with Crippen molar-refractivity contribution < 1.29 is 17.7 Å². The number of nitrogens with zero attached hydrogens (tertiary/aromatic N) is 4. The Balaban J connectivity index is 1.91. The van der Waals surface area contributed by atoms with Crippen molar-refractivity contribution in [2.75, 3.05) is 9.21 Å². The molecule has 0 radical (unpaired) electrons. The smallest absolute Gasteiger partial charge is 0.340 e. The highest BCUT2D eigenvalue weighted by Crippen LogP contribution is 2.39. The number of carbonyl (C=O) groups excluding carboxylic acids is 1. The maximum atomic E-state index is 13.3. The summed E-state index contributed by atoms with van der Waals surface area (Å²) in [5.74, 6) is 0.616. The van der Waals surface area contributed by atoms with E-state index >= 15 is 0 Å². The molecule has 0 atom stereocenters. The van der Waals surface area contributed by atoms with Crippen LogP contribution in [0.5, 0.6) is 0 Å². The predicted molar refractivity (Wildman–Crippen MR) is 103 cm³/mol. The van der Waals surface area contributed by atoms with E-state index in [1.165, 1.54) is 17.0 Å². The molecule has 3 aromatic rings. The van der Waals surface area contributed by atoms with Gasteiger partial charge >= 0.3 is 6.03 Å². The zero-order chi connectivity index (χ0) is 20.1. The molecule has 2 aromatic carbocycles. The number of benzene rings is 2. The maximum absolute atomic E-state index is 13.3. The van der Waals surface area contributed by atoms with E-state index in [-0.39, 0.29) is 28.6 Å². The molecule has 0 saturated carbocycles. The van der Waals surface area contributed by atoms with E-state index in [0.717, 1.165) is 4.31 Å². The molecule has 0 N–H and O–H groups in total. The topological polar surface area (TPSA) is 96.6 Å². The summed E-state index contributed by atoms with van der Waals surface area (Å²) >= 11 is 6.07. The molecule has 0 fully saturated rings. The fourth-order valence-corrected chi connectivity index (χ4v) is 4.86. The van der Waals surface area contributed by atoms with Gasteiger partial charge in [-0.05, 0) is 36.8 Å². The largest absolute Gasteiger partial charge is 0.343 e. The van der Waals surface area contributed by atoms with Gasteiger partial charge in [-0.3, -0.25) is 4.90 Å². The minimum absolute atomic E-state index is 0.00851. The van der Waals surface area contributed by atoms with Gasteiger partial charge < -0.3 is 4.52 Å². The van der Waals surface area contributed by atoms with Gasteiger partial charge in [0, 0.05) is 11.9 Å². The Morgan fingerprint density at radius 3 is 2.57 bits per heavy atom. The van der Waals surface area contributed by atoms with Gasteiger partial charge in [0.25, 0.3) is 10.0 Å². The van der Waals surface area contributed by atoms with Crippen molar-refractivity contribution in [3.8, 4) is 0 Å². The molecule has 10 heteroatoms. The van der Waals surface area contributed by atoms with E-state index in [2.05, 4.69) is 10.1 Å². The lowest BCUT2D eigenvalue weighted by atomic mass is 10.2. The average molecular weight is 419 g/mol. The van der Waals surface area contributed by atoms with Crippen molar-refractivity contribution in [2.24, 2.45) is 0 Å². The van der Waals surface area contributed by atoms with Crippen LogP contribution in [0.3, 0.4) is 0 Å². The molecule has 0 bridgehead atoms. The third kappa shape index (κ3) is 2.92. The van der Waals surface area contributed by atoms with Crippen LogP contribution < -0.4 is 9.21 Å². The number of fused-ring (bicyclic) bond motifs is 1. The highest BCUT2D eigenvalue weighted by Gasteiger charge is 2.43. The summed E-state index contributed by atoms with van der Waals surface area (Å²) in [4.78, 5) is 18.8. The van der Waals surface area contributed by atoms with Crippen molar-refractivity contribution in [3.63, 3.8) is 0 Å². The van der Waals surface area contributed by atoms with Crippen LogP contribution in [0, 0.1) is 13.8 Å². The van der Waals surface area contributed by atoms with Crippen molar-refractivity contribution in [1.29, 1.82) is 0 Å². The summed E-state index contributed by atoms with van der Waals surface area (Å²) in [5.41, 5.74) is 1.04. The van der Waals surface area contributed by atoms with Gasteiger partial charge in [-0.1, -0.05) is 35.0 Å². The fourth-order valence-electron chi connectivity index (χ4n) is 3.05. The van der Waals surface area contributed by atoms with E-state index in [4.69, 9.17) is 16.1 Å². The average Bonchev–Trinajstić information content (AvgIpc) is 3.06. The van der Waals surface area contributed by atoms with Gasteiger partial charge in [-0.15, -0.1) is 0 Å². The first-order valence-electron chi connectivity index (χ1n) is 8.30. The number of hydrogen-bond donors (Lipinski definition) is 0. The molecule has 0 aliphatic carbocycles. The second-order valence-electron chi connectivity index (χ2n) is 6.27. The van der Waals surface area contributed by atoms with Gasteiger partial charge in [-0.25, -0.2) is 13.2 Å². The van der Waals surface area contributed by atoms with Crippen molar-refractivity contribution in [1.82, 2.24) is 10.1 Å². The van der Waals surface area contributed by atoms with Gasteiger partial charge in [-0.2, -0.15) is 9.29 Å². The molecule has 0 unspecified atom stereocenters. The zero-order valence-electron chi connectivity index (χ0n) is 15.0. The second kappa shape index (κ2) is 6.61. The number of anilines is 2. The van der Waals surface area contributed by atoms with Crippen LogP contribution in [-0.2, 0) is 16.6 Å². The monoisotopic (exact) mass is 418 g/mol. The van der Waals surface area contributed by atoms with Gasteiger partial charge in [0.1, 0.15) is 4.90 Å². The third-order valence-electron chi connectivity index (χ3n) is 4.34. The molecule has 144 valence electrons. The first kappa shape index (κ1) is 18.5. The fraction of sp³-hybridized carbons (Fsp3) is 0.167. The summed E-state index contributed by atoms with van der Waals surface area (Å²) in [6, 6.07) is 10.3. The Morgan fingerprint density at radius 2 is 1.86 bits per heavy atom. The number of para-hydroxylation sites is 1. The number of amides is 2. The third-order valence-corrected chi connectivity index (χ3v) is 6.31. The van der Waals surface area contributed by atoms with Gasteiger partial charge in [0.2, 0.25) is 5.89 Å². The molecule has 28 heavy (non-hydrogen) atoms. The molecule has 1 aliphatic heterocycles. The highest BCUT2D eigenvalue weighted by molar-refractivity contribution is 7.94. The summed E-state index contributed by atoms with van der Waals surface area (Å²) in [5, 5.41) is 4.14. The zero-order valence-corrected chi connectivity index (χ0v) is 16.5. The number of carbonyl (C=O) groups is 1. The number of sulfonamides is 1. The molecular formula is C18H15ClN4O4S. The Kier molecular flexibility index (Phi) is 4.35. The summed E-state index contributed by atoms with van der Waals surface area (Å²) in [7, 11) is -4.13. The number of aryl methyl sites for hydroxylation is 2. The molecule has 1 aliphatic rings. The minimum atomic E-state index is -4.13. The maximum Gasteiger partial charge on any atom is 0.343 e. The lowest BCUT2D eigenvalue weighted by Crippen LogP contribution is -2.51. The molecule has 8 nitrogen and oxygen atoms in total. The highest BCUT2D eigenvalue weighted by atomic mass is 35.5. The molecule has 1 aromatic heterocycles. The number of aromatic nitrogens is 2. The van der Waals surface area contributed by atoms with E-state index in [9.17, 15) is 13.2 Å². The number of hydrogen-bond acceptors (Lipinski definition) is 6. The Labute approximate surface area is 166 Å². The lowest BCUT2D eigenvalue weighted by Gasteiger charge is -2.36. The van der Waals surface area contributed by atoms with Gasteiger partial charge in [0.05, 0.1) is 17.9 Å². The van der Waals surface area contributed by atoms with Crippen LogP contribution in [0.2, 0.25) is 5.02 Å². The number of urea groups is 1. The quantitative estimate of drug-likeness (QED) is 0.643. The first-order valence-corrected chi connectivity index (χ1v) is 10.1. The molecule has 4 rings (SSSR count). The Morgan fingerprint density at radius 1 is 1.11 bits per heavy atom. The number of rotatable bonds is 3. The van der Waals surface area contributed by atoms with Crippen LogP contribution in [-0.4, -0.2) is 24.6 Å². The summed E-state index contributed by atoms with van der Waals surface area (Å²) < 4.78 is 32.3. The van der Waals surface area contributed by atoms with Crippen molar-refractivity contribution >= 4 is 39.0 Å². The predicted octanol–water partition coefficient (Wildman–Crippen LogP) is 3.68. The van der Waals surface area contributed by atoms with E-state index in [1.54, 1.807) is 44.2 Å². The van der Waals surface area contributed by atoms with E-state index < -0.39 is 16.1 Å². The lowest BCUT2D eigenvalue weighted by molar-refractivity contribution is 0.253. The molecule has 2 heterocycles. The van der Waals surface area contributed by atoms with Crippen LogP contribution in [0.15, 0.2) is 51.9 Å². The summed E-state index contributed by atoms with van der Waals surface area (Å²) in [6.45, 7) is 3.30. The van der Waals surface area contributed by atoms with Crippen LogP contribution in [0.1, 0.15) is 17.3 Å². The summed E-state index contributed by atoms with van der Waals surface area (Å²) in [6.07, 6.45) is 0. The normalized spacial score (nSPS) is 15.6. The van der Waals surface area contributed by atoms with Crippen LogP contribution in [0.4, 0.5) is 16.2 Å². The Bertz CT molecular complexity index is 1190. The molecule has 2 amide bonds. The van der Waals surface area contributed by atoms with Crippen LogP contribution in [0.25, 0.3) is 0 Å². The van der Waals surface area contributed by atoms with E-state index in [1.807, 2.05) is 0 Å². The Hall–Kier alpha value is -2.91. The number of halogens is 1. The minimum Gasteiger partial charge on any atom is -0.340 e.